The van der Waals surface area contributed by atoms with Crippen molar-refractivity contribution in [3.05, 3.63) is 44.1 Å². The standard InChI is InChI=1S/C20H23IN2O5/c1-6-26-20(24)16-11(4)28-19(23)13(9-22)17(16)12-7-14(21)18(27-10(2)3)15(8-12)25-5/h7-8,10,17H,6,23H2,1-5H3. The fourth-order valence-corrected chi connectivity index (χ4v) is 3.70. The van der Waals surface area contributed by atoms with Crippen LogP contribution < -0.4 is 15.2 Å². The van der Waals surface area contributed by atoms with Crippen molar-refractivity contribution >= 4 is 28.6 Å². The van der Waals surface area contributed by atoms with Gasteiger partial charge in [0.15, 0.2) is 11.5 Å². The molecule has 1 aliphatic rings. The molecule has 0 saturated carbocycles. The molecule has 1 aromatic rings. The van der Waals surface area contributed by atoms with E-state index in [2.05, 4.69) is 28.7 Å². The number of benzene rings is 1. The van der Waals surface area contributed by atoms with Gasteiger partial charge in [-0.15, -0.1) is 0 Å². The van der Waals surface area contributed by atoms with Gasteiger partial charge < -0.3 is 24.7 Å². The SMILES string of the molecule is CCOC(=O)C1=C(C)OC(N)=C(C#N)C1c1cc(I)c(OC(C)C)c(OC)c1. The summed E-state index contributed by atoms with van der Waals surface area (Å²) in [6.45, 7) is 7.38. The molecule has 8 heteroatoms. The van der Waals surface area contributed by atoms with Gasteiger partial charge in [0, 0.05) is 0 Å². The van der Waals surface area contributed by atoms with Crippen molar-refractivity contribution in [1.29, 1.82) is 5.26 Å². The van der Waals surface area contributed by atoms with Crippen molar-refractivity contribution in [3.63, 3.8) is 0 Å². The fraction of sp³-hybridized carbons (Fsp3) is 0.400. The molecule has 0 amide bonds. The van der Waals surface area contributed by atoms with E-state index in [-0.39, 0.29) is 29.7 Å². The number of allylic oxidation sites excluding steroid dienone is 2. The highest BCUT2D eigenvalue weighted by Crippen LogP contribution is 2.44. The lowest BCUT2D eigenvalue weighted by molar-refractivity contribution is -0.139. The van der Waals surface area contributed by atoms with Gasteiger partial charge in [-0.25, -0.2) is 4.79 Å². The smallest absolute Gasteiger partial charge is 0.338 e. The largest absolute Gasteiger partial charge is 0.493 e. The Labute approximate surface area is 178 Å². The predicted molar refractivity (Wildman–Crippen MR) is 111 cm³/mol. The maximum absolute atomic E-state index is 12.6. The summed E-state index contributed by atoms with van der Waals surface area (Å²) in [5.74, 6) is 0.0857. The molecule has 0 aromatic heterocycles. The minimum Gasteiger partial charge on any atom is -0.493 e. The molecule has 2 rings (SSSR count). The molecule has 1 aromatic carbocycles. The molecule has 0 spiro atoms. The lowest BCUT2D eigenvalue weighted by Crippen LogP contribution is -2.25. The number of carbonyl (C=O) groups is 1. The first-order valence-electron chi connectivity index (χ1n) is 8.74. The summed E-state index contributed by atoms with van der Waals surface area (Å²) in [4.78, 5) is 12.6. The van der Waals surface area contributed by atoms with Gasteiger partial charge in [0.1, 0.15) is 17.4 Å². The third-order valence-electron chi connectivity index (χ3n) is 4.04. The molecule has 150 valence electrons. The topological polar surface area (TPSA) is 104 Å². The van der Waals surface area contributed by atoms with Gasteiger partial charge >= 0.3 is 5.97 Å². The van der Waals surface area contributed by atoms with Crippen molar-refractivity contribution in [2.24, 2.45) is 5.73 Å². The summed E-state index contributed by atoms with van der Waals surface area (Å²) in [5.41, 5.74) is 6.98. The van der Waals surface area contributed by atoms with Crippen LogP contribution in [0.15, 0.2) is 34.9 Å². The first-order chi connectivity index (χ1) is 13.2. The molecule has 0 radical (unpaired) electrons. The Hall–Kier alpha value is -2.41. The number of methoxy groups -OCH3 is 1. The summed E-state index contributed by atoms with van der Waals surface area (Å²) in [5, 5.41) is 9.68. The van der Waals surface area contributed by atoms with Gasteiger partial charge in [-0.3, -0.25) is 0 Å². The summed E-state index contributed by atoms with van der Waals surface area (Å²) >= 11 is 2.14. The van der Waals surface area contributed by atoms with Crippen LogP contribution in [0, 0.1) is 14.9 Å². The first-order valence-corrected chi connectivity index (χ1v) is 9.82. The van der Waals surface area contributed by atoms with Crippen LogP contribution in [0.1, 0.15) is 39.2 Å². The third-order valence-corrected chi connectivity index (χ3v) is 4.84. The Bertz CT molecular complexity index is 883. The van der Waals surface area contributed by atoms with E-state index in [0.717, 1.165) is 3.57 Å². The van der Waals surface area contributed by atoms with Crippen LogP contribution in [-0.4, -0.2) is 25.8 Å². The lowest BCUT2D eigenvalue weighted by Gasteiger charge is -2.27. The van der Waals surface area contributed by atoms with Gasteiger partial charge in [-0.2, -0.15) is 5.26 Å². The Kier molecular flexibility index (Phi) is 7.18. The van der Waals surface area contributed by atoms with Crippen molar-refractivity contribution in [1.82, 2.24) is 0 Å². The number of carbonyl (C=O) groups excluding carboxylic acids is 1. The van der Waals surface area contributed by atoms with Crippen LogP contribution in [0.5, 0.6) is 11.5 Å². The number of rotatable bonds is 6. The maximum atomic E-state index is 12.6. The van der Waals surface area contributed by atoms with Crippen molar-refractivity contribution < 1.29 is 23.7 Å². The number of esters is 1. The molecular weight excluding hydrogens is 475 g/mol. The van der Waals surface area contributed by atoms with Crippen LogP contribution in [0.2, 0.25) is 0 Å². The van der Waals surface area contributed by atoms with Gasteiger partial charge in [-0.1, -0.05) is 0 Å². The molecule has 0 fully saturated rings. The van der Waals surface area contributed by atoms with Gasteiger partial charge in [0.2, 0.25) is 5.88 Å². The summed E-state index contributed by atoms with van der Waals surface area (Å²) < 4.78 is 22.8. The molecule has 1 aliphatic heterocycles. The summed E-state index contributed by atoms with van der Waals surface area (Å²) in [7, 11) is 1.54. The highest BCUT2D eigenvalue weighted by molar-refractivity contribution is 14.1. The van der Waals surface area contributed by atoms with E-state index in [9.17, 15) is 10.1 Å². The molecule has 2 N–H and O–H groups in total. The molecule has 28 heavy (non-hydrogen) atoms. The second kappa shape index (κ2) is 9.19. The zero-order chi connectivity index (χ0) is 21.0. The fourth-order valence-electron chi connectivity index (χ4n) is 2.94. The van der Waals surface area contributed by atoms with Crippen molar-refractivity contribution in [3.8, 4) is 17.6 Å². The summed E-state index contributed by atoms with van der Waals surface area (Å²) in [6, 6.07) is 5.65. The molecule has 1 atom stereocenters. The van der Waals surface area contributed by atoms with E-state index >= 15 is 0 Å². The molecule has 1 heterocycles. The normalized spacial score (nSPS) is 16.6. The van der Waals surface area contributed by atoms with Crippen LogP contribution in [0.4, 0.5) is 0 Å². The van der Waals surface area contributed by atoms with Gasteiger partial charge in [-0.05, 0) is 68.0 Å². The second-order valence-electron chi connectivity index (χ2n) is 6.32. The number of nitrogens with two attached hydrogens (primary N) is 1. The van der Waals surface area contributed by atoms with E-state index in [0.29, 0.717) is 22.8 Å². The Morgan fingerprint density at radius 3 is 2.64 bits per heavy atom. The zero-order valence-electron chi connectivity index (χ0n) is 16.5. The third kappa shape index (κ3) is 4.35. The minimum absolute atomic E-state index is 0.0328. The van der Waals surface area contributed by atoms with E-state index in [1.54, 1.807) is 19.9 Å². The Morgan fingerprint density at radius 2 is 2.11 bits per heavy atom. The highest BCUT2D eigenvalue weighted by Gasteiger charge is 2.37. The predicted octanol–water partition coefficient (Wildman–Crippen LogP) is 3.73. The molecule has 1 unspecified atom stereocenters. The molecule has 0 aliphatic carbocycles. The van der Waals surface area contributed by atoms with Gasteiger partial charge in [0.05, 0.1) is 34.9 Å². The average molecular weight is 498 g/mol. The minimum atomic E-state index is -0.728. The van der Waals surface area contributed by atoms with E-state index in [1.807, 2.05) is 19.9 Å². The van der Waals surface area contributed by atoms with Crippen LogP contribution in [-0.2, 0) is 14.3 Å². The van der Waals surface area contributed by atoms with Crippen molar-refractivity contribution in [2.45, 2.75) is 39.7 Å². The van der Waals surface area contributed by atoms with Crippen LogP contribution >= 0.6 is 22.6 Å². The summed E-state index contributed by atoms with van der Waals surface area (Å²) in [6.07, 6.45) is -0.0428. The molecule has 7 nitrogen and oxygen atoms in total. The van der Waals surface area contributed by atoms with Gasteiger partial charge in [0.25, 0.3) is 0 Å². The van der Waals surface area contributed by atoms with Crippen LogP contribution in [0.25, 0.3) is 0 Å². The van der Waals surface area contributed by atoms with E-state index < -0.39 is 11.9 Å². The maximum Gasteiger partial charge on any atom is 0.338 e. The molecule has 0 bridgehead atoms. The zero-order valence-corrected chi connectivity index (χ0v) is 18.6. The number of ether oxygens (including phenoxy) is 4. The quantitative estimate of drug-likeness (QED) is 0.471. The van der Waals surface area contributed by atoms with E-state index in [4.69, 9.17) is 24.7 Å². The second-order valence-corrected chi connectivity index (χ2v) is 7.48. The number of nitrogens with zero attached hydrogens (tertiary/aromatic N) is 1. The van der Waals surface area contributed by atoms with E-state index in [1.165, 1.54) is 7.11 Å². The monoisotopic (exact) mass is 498 g/mol. The number of nitriles is 1. The molecular formula is C20H23IN2O5. The number of hydrogen-bond acceptors (Lipinski definition) is 7. The number of hydrogen-bond donors (Lipinski definition) is 1. The lowest BCUT2D eigenvalue weighted by atomic mass is 9.83. The Morgan fingerprint density at radius 1 is 1.43 bits per heavy atom. The van der Waals surface area contributed by atoms with Crippen LogP contribution in [0.3, 0.4) is 0 Å². The van der Waals surface area contributed by atoms with Crippen molar-refractivity contribution in [2.75, 3.05) is 13.7 Å². The number of halogens is 1. The highest BCUT2D eigenvalue weighted by atomic mass is 127. The molecule has 0 saturated heterocycles. The average Bonchev–Trinajstić information content (AvgIpc) is 2.62. The first kappa shape index (κ1) is 21.9. The Balaban J connectivity index is 2.69.